The summed E-state index contributed by atoms with van der Waals surface area (Å²) in [5, 5.41) is 13.6. The smallest absolute Gasteiger partial charge is 0.271 e. The fourth-order valence-corrected chi connectivity index (χ4v) is 4.72. The number of anilines is 1. The van der Waals surface area contributed by atoms with Gasteiger partial charge in [0.25, 0.3) is 5.69 Å². The summed E-state index contributed by atoms with van der Waals surface area (Å²) in [7, 11) is 0. The lowest BCUT2D eigenvalue weighted by Gasteiger charge is -2.17. The van der Waals surface area contributed by atoms with Gasteiger partial charge in [-0.15, -0.1) is 0 Å². The van der Waals surface area contributed by atoms with Crippen molar-refractivity contribution < 1.29 is 19.2 Å². The third kappa shape index (κ3) is 6.42. The van der Waals surface area contributed by atoms with Crippen LogP contribution >= 0.6 is 11.8 Å². The highest BCUT2D eigenvalue weighted by Gasteiger charge is 2.39. The van der Waals surface area contributed by atoms with Gasteiger partial charge in [0.2, 0.25) is 11.8 Å². The van der Waals surface area contributed by atoms with Crippen molar-refractivity contribution in [2.75, 3.05) is 25.1 Å². The highest BCUT2D eigenvalue weighted by atomic mass is 32.2. The minimum absolute atomic E-state index is 0.0695. The normalized spacial score (nSPS) is 16.8. The van der Waals surface area contributed by atoms with Gasteiger partial charge >= 0.3 is 0 Å². The summed E-state index contributed by atoms with van der Waals surface area (Å²) in [6, 6.07) is 11.6. The van der Waals surface area contributed by atoms with Gasteiger partial charge in [-0.05, 0) is 44.4 Å². The number of aryl methyl sites for hydroxylation is 2. The third-order valence-corrected chi connectivity index (χ3v) is 6.43. The maximum atomic E-state index is 13.2. The Balaban J connectivity index is 1.77. The zero-order chi connectivity index (χ0) is 24.7. The fraction of sp³-hybridized carbons (Fsp3) is 0.375. The first-order valence-electron chi connectivity index (χ1n) is 11.0. The van der Waals surface area contributed by atoms with Crippen LogP contribution < -0.4 is 5.32 Å². The van der Waals surface area contributed by atoms with E-state index in [0.717, 1.165) is 16.8 Å². The molecule has 2 aromatic rings. The summed E-state index contributed by atoms with van der Waals surface area (Å²) in [6.45, 7) is 7.43. The number of amides is 2. The number of rotatable bonds is 10. The van der Waals surface area contributed by atoms with Crippen LogP contribution in [0.25, 0.3) is 0 Å². The van der Waals surface area contributed by atoms with Crippen molar-refractivity contribution in [2.45, 2.75) is 38.9 Å². The molecule has 3 rings (SSSR count). The van der Waals surface area contributed by atoms with E-state index >= 15 is 0 Å². The van der Waals surface area contributed by atoms with Gasteiger partial charge in [0.1, 0.15) is 5.25 Å². The molecule has 0 spiro atoms. The number of thioether (sulfide) groups is 1. The average molecular weight is 485 g/mol. The Labute approximate surface area is 202 Å². The predicted octanol–water partition coefficient (Wildman–Crippen LogP) is 4.60. The number of nitro groups is 1. The van der Waals surface area contributed by atoms with Crippen LogP contribution in [-0.4, -0.2) is 51.8 Å². The number of hydrogen-bond acceptors (Lipinski definition) is 7. The second kappa shape index (κ2) is 11.8. The van der Waals surface area contributed by atoms with Crippen molar-refractivity contribution in [1.82, 2.24) is 4.90 Å². The molecule has 2 aromatic carbocycles. The summed E-state index contributed by atoms with van der Waals surface area (Å²) in [6.07, 6.45) is 0.582. The monoisotopic (exact) mass is 484 g/mol. The van der Waals surface area contributed by atoms with Gasteiger partial charge in [-0.3, -0.25) is 24.6 Å². The number of nitrogens with one attached hydrogen (secondary N) is 1. The summed E-state index contributed by atoms with van der Waals surface area (Å²) in [5.74, 6) is -0.574. The van der Waals surface area contributed by atoms with Crippen LogP contribution in [0.15, 0.2) is 47.5 Å². The maximum Gasteiger partial charge on any atom is 0.271 e. The van der Waals surface area contributed by atoms with Gasteiger partial charge in [-0.2, -0.15) is 0 Å². The van der Waals surface area contributed by atoms with Gasteiger partial charge in [0.15, 0.2) is 5.17 Å². The summed E-state index contributed by atoms with van der Waals surface area (Å²) in [4.78, 5) is 42.7. The molecule has 0 aliphatic carbocycles. The van der Waals surface area contributed by atoms with Crippen molar-refractivity contribution in [2.24, 2.45) is 4.99 Å². The van der Waals surface area contributed by atoms with Crippen molar-refractivity contribution >= 4 is 45.8 Å². The number of carbonyl (C=O) groups excluding carboxylic acids is 2. The molecule has 1 aliphatic rings. The van der Waals surface area contributed by atoms with Crippen molar-refractivity contribution in [3.63, 3.8) is 0 Å². The second-order valence-electron chi connectivity index (χ2n) is 7.84. The van der Waals surface area contributed by atoms with E-state index in [0.29, 0.717) is 37.0 Å². The van der Waals surface area contributed by atoms with E-state index in [-0.39, 0.29) is 18.0 Å². The SMILES string of the molecule is CCOCCCN1C(=O)C(CC(=O)Nc2cccc([N+](=O)[O-])c2)SC1=Nc1c(C)cccc1C. The van der Waals surface area contributed by atoms with Gasteiger partial charge in [-0.1, -0.05) is 36.0 Å². The van der Waals surface area contributed by atoms with E-state index in [1.165, 1.54) is 30.0 Å². The quantitative estimate of drug-likeness (QED) is 0.299. The first kappa shape index (κ1) is 25.4. The Morgan fingerprint density at radius 1 is 1.24 bits per heavy atom. The molecule has 0 bridgehead atoms. The van der Waals surface area contributed by atoms with Crippen molar-refractivity contribution in [3.05, 3.63) is 63.7 Å². The summed E-state index contributed by atoms with van der Waals surface area (Å²) in [5.41, 5.74) is 3.01. The zero-order valence-corrected chi connectivity index (χ0v) is 20.3. The first-order chi connectivity index (χ1) is 16.3. The molecule has 0 saturated carbocycles. The van der Waals surface area contributed by atoms with Crippen molar-refractivity contribution in [1.29, 1.82) is 0 Å². The maximum absolute atomic E-state index is 13.2. The van der Waals surface area contributed by atoms with Crippen LogP contribution in [0.5, 0.6) is 0 Å². The number of non-ortho nitro benzene ring substituents is 1. The van der Waals surface area contributed by atoms with Crippen LogP contribution in [0.2, 0.25) is 0 Å². The Bertz CT molecular complexity index is 1080. The minimum Gasteiger partial charge on any atom is -0.382 e. The molecule has 1 atom stereocenters. The highest BCUT2D eigenvalue weighted by molar-refractivity contribution is 8.15. The number of benzene rings is 2. The minimum atomic E-state index is -0.631. The molecule has 0 radical (unpaired) electrons. The number of carbonyl (C=O) groups is 2. The number of nitrogens with zero attached hydrogens (tertiary/aromatic N) is 3. The molecule has 1 unspecified atom stereocenters. The molecule has 1 fully saturated rings. The van der Waals surface area contributed by atoms with Crippen LogP contribution in [0.1, 0.15) is 30.9 Å². The number of aliphatic imine (C=N–C) groups is 1. The van der Waals surface area contributed by atoms with Gasteiger partial charge in [0, 0.05) is 44.0 Å². The molecule has 1 saturated heterocycles. The topological polar surface area (TPSA) is 114 Å². The van der Waals surface area contributed by atoms with Gasteiger partial charge < -0.3 is 10.1 Å². The van der Waals surface area contributed by atoms with Crippen molar-refractivity contribution in [3.8, 4) is 0 Å². The molecule has 2 amide bonds. The molecule has 0 aromatic heterocycles. The van der Waals surface area contributed by atoms with Crippen LogP contribution in [0.3, 0.4) is 0 Å². The Morgan fingerprint density at radius 2 is 1.94 bits per heavy atom. The average Bonchev–Trinajstić information content (AvgIpc) is 3.08. The molecule has 9 nitrogen and oxygen atoms in total. The first-order valence-corrected chi connectivity index (χ1v) is 11.9. The zero-order valence-electron chi connectivity index (χ0n) is 19.4. The molecule has 34 heavy (non-hydrogen) atoms. The van der Waals surface area contributed by atoms with Gasteiger partial charge in [0.05, 0.1) is 10.6 Å². The lowest BCUT2D eigenvalue weighted by molar-refractivity contribution is -0.384. The van der Waals surface area contributed by atoms with E-state index in [9.17, 15) is 19.7 Å². The van der Waals surface area contributed by atoms with E-state index in [1.54, 1.807) is 11.0 Å². The summed E-state index contributed by atoms with van der Waals surface area (Å²) >= 11 is 1.27. The Kier molecular flexibility index (Phi) is 8.78. The van der Waals surface area contributed by atoms with Crippen LogP contribution in [-0.2, 0) is 14.3 Å². The standard InChI is InChI=1S/C24H28N4O5S/c1-4-33-13-7-12-27-23(30)20(34-24(27)26-22-16(2)8-5-9-17(22)3)15-21(29)25-18-10-6-11-19(14-18)28(31)32/h5-6,8-11,14,20H,4,7,12-13,15H2,1-3H3,(H,25,29). The summed E-state index contributed by atoms with van der Waals surface area (Å²) < 4.78 is 5.41. The lowest BCUT2D eigenvalue weighted by atomic mass is 10.1. The van der Waals surface area contributed by atoms with E-state index in [4.69, 9.17) is 9.73 Å². The predicted molar refractivity (Wildman–Crippen MR) is 134 cm³/mol. The number of hydrogen-bond donors (Lipinski definition) is 1. The molecular weight excluding hydrogens is 456 g/mol. The van der Waals surface area contributed by atoms with E-state index in [1.807, 2.05) is 39.0 Å². The molecule has 1 heterocycles. The third-order valence-electron chi connectivity index (χ3n) is 5.25. The second-order valence-corrected chi connectivity index (χ2v) is 9.01. The number of nitro benzene ring substituents is 1. The van der Waals surface area contributed by atoms with Crippen LogP contribution in [0.4, 0.5) is 17.1 Å². The van der Waals surface area contributed by atoms with Gasteiger partial charge in [-0.25, -0.2) is 4.99 Å². The largest absolute Gasteiger partial charge is 0.382 e. The molecular formula is C24H28N4O5S. The molecule has 10 heteroatoms. The lowest BCUT2D eigenvalue weighted by Crippen LogP contribution is -2.34. The number of ether oxygens (including phenoxy) is 1. The molecule has 1 N–H and O–H groups in total. The van der Waals surface area contributed by atoms with Crippen LogP contribution in [0, 0.1) is 24.0 Å². The molecule has 1 aliphatic heterocycles. The van der Waals surface area contributed by atoms with E-state index < -0.39 is 16.1 Å². The van der Waals surface area contributed by atoms with E-state index in [2.05, 4.69) is 5.32 Å². The molecule has 180 valence electrons. The number of para-hydroxylation sites is 1. The highest BCUT2D eigenvalue weighted by Crippen LogP contribution is 2.34. The fourth-order valence-electron chi connectivity index (χ4n) is 3.56. The Hall–Kier alpha value is -3.24. The number of amidine groups is 1. The Morgan fingerprint density at radius 3 is 2.62 bits per heavy atom.